The minimum Gasteiger partial charge on any atom is -0.497 e. The summed E-state index contributed by atoms with van der Waals surface area (Å²) in [6, 6.07) is 19.7. The minimum absolute atomic E-state index is 0.498. The van der Waals surface area contributed by atoms with E-state index in [2.05, 4.69) is 11.4 Å². The average molecular weight is 264 g/mol. The van der Waals surface area contributed by atoms with Gasteiger partial charge in [-0.05, 0) is 35.9 Å². The van der Waals surface area contributed by atoms with Gasteiger partial charge in [0, 0.05) is 11.3 Å². The fourth-order valence-corrected chi connectivity index (χ4v) is 1.78. The van der Waals surface area contributed by atoms with Crippen molar-refractivity contribution >= 4 is 11.8 Å². The second kappa shape index (κ2) is 7.01. The van der Waals surface area contributed by atoms with Crippen LogP contribution >= 0.6 is 0 Å². The van der Waals surface area contributed by atoms with Gasteiger partial charge in [-0.2, -0.15) is 5.26 Å². The molecule has 0 radical (unpaired) electrons. The lowest BCUT2D eigenvalue weighted by atomic mass is 10.1. The molecule has 3 heteroatoms. The van der Waals surface area contributed by atoms with Crippen molar-refractivity contribution in [2.45, 2.75) is 0 Å². The molecule has 20 heavy (non-hydrogen) atoms. The number of hydrogen-bond donors (Lipinski definition) is 1. The zero-order valence-electron chi connectivity index (χ0n) is 11.3. The average Bonchev–Trinajstić information content (AvgIpc) is 2.53. The summed E-state index contributed by atoms with van der Waals surface area (Å²) in [4.78, 5) is 0. The van der Waals surface area contributed by atoms with E-state index in [9.17, 15) is 0 Å². The van der Waals surface area contributed by atoms with Crippen molar-refractivity contribution < 1.29 is 4.74 Å². The first-order valence-corrected chi connectivity index (χ1v) is 6.35. The summed E-state index contributed by atoms with van der Waals surface area (Å²) >= 11 is 0. The molecular weight excluding hydrogens is 248 g/mol. The van der Waals surface area contributed by atoms with Crippen LogP contribution in [0.5, 0.6) is 5.75 Å². The van der Waals surface area contributed by atoms with Crippen molar-refractivity contribution in [1.82, 2.24) is 0 Å². The normalized spacial score (nSPS) is 10.7. The Kier molecular flexibility index (Phi) is 4.80. The molecule has 0 aromatic heterocycles. The van der Waals surface area contributed by atoms with Crippen molar-refractivity contribution in [1.29, 1.82) is 5.26 Å². The molecule has 0 heterocycles. The number of methoxy groups -OCH3 is 1. The highest BCUT2D eigenvalue weighted by molar-refractivity contribution is 5.59. The molecule has 100 valence electrons. The third-order valence-electron chi connectivity index (χ3n) is 2.86. The first-order chi connectivity index (χ1) is 9.81. The summed E-state index contributed by atoms with van der Waals surface area (Å²) in [6.45, 7) is 0.498. The zero-order valence-corrected chi connectivity index (χ0v) is 11.3. The van der Waals surface area contributed by atoms with E-state index in [-0.39, 0.29) is 0 Å². The fourth-order valence-electron chi connectivity index (χ4n) is 1.78. The molecule has 0 saturated heterocycles. The maximum absolute atomic E-state index is 9.17. The van der Waals surface area contributed by atoms with Gasteiger partial charge in [-0.1, -0.05) is 30.3 Å². The molecule has 1 N–H and O–H groups in total. The number of benzene rings is 2. The molecule has 2 rings (SSSR count). The molecule has 0 aliphatic heterocycles. The Balaban J connectivity index is 2.00. The van der Waals surface area contributed by atoms with Crippen molar-refractivity contribution in [3.05, 3.63) is 65.7 Å². The smallest absolute Gasteiger partial charge is 0.119 e. The van der Waals surface area contributed by atoms with E-state index < -0.39 is 0 Å². The summed E-state index contributed by atoms with van der Waals surface area (Å²) < 4.78 is 5.10. The Labute approximate surface area is 119 Å². The summed E-state index contributed by atoms with van der Waals surface area (Å²) in [7, 11) is 1.64. The predicted molar refractivity (Wildman–Crippen MR) is 81.5 cm³/mol. The molecule has 2 aromatic carbocycles. The number of nitriles is 1. The van der Waals surface area contributed by atoms with Gasteiger partial charge in [0.25, 0.3) is 0 Å². The van der Waals surface area contributed by atoms with E-state index >= 15 is 0 Å². The highest BCUT2D eigenvalue weighted by atomic mass is 16.5. The van der Waals surface area contributed by atoms with Crippen LogP contribution in [0, 0.1) is 11.3 Å². The number of hydrogen-bond acceptors (Lipinski definition) is 3. The van der Waals surface area contributed by atoms with E-state index in [1.54, 1.807) is 7.11 Å². The van der Waals surface area contributed by atoms with Crippen molar-refractivity contribution in [3.8, 4) is 11.8 Å². The lowest BCUT2D eigenvalue weighted by Crippen LogP contribution is -2.03. The summed E-state index contributed by atoms with van der Waals surface area (Å²) in [5.41, 5.74) is 2.67. The Bertz CT molecular complexity index is 610. The molecule has 0 fully saturated rings. The first kappa shape index (κ1) is 13.7. The number of nitrogens with zero attached hydrogens (tertiary/aromatic N) is 1. The maximum atomic E-state index is 9.17. The first-order valence-electron chi connectivity index (χ1n) is 6.35. The Morgan fingerprint density at radius 1 is 1.15 bits per heavy atom. The van der Waals surface area contributed by atoms with Crippen LogP contribution in [0.3, 0.4) is 0 Å². The van der Waals surface area contributed by atoms with Crippen LogP contribution in [0.15, 0.2) is 60.2 Å². The quantitative estimate of drug-likeness (QED) is 0.837. The molecule has 0 atom stereocenters. The highest BCUT2D eigenvalue weighted by Crippen LogP contribution is 2.15. The van der Waals surface area contributed by atoms with Gasteiger partial charge < -0.3 is 10.1 Å². The highest BCUT2D eigenvalue weighted by Gasteiger charge is 1.98. The van der Waals surface area contributed by atoms with Crippen LogP contribution in [-0.2, 0) is 0 Å². The fraction of sp³-hybridized carbons (Fsp3) is 0.118. The zero-order chi connectivity index (χ0) is 14.2. The Morgan fingerprint density at radius 2 is 1.85 bits per heavy atom. The molecule has 0 aliphatic carbocycles. The molecule has 3 nitrogen and oxygen atoms in total. The van der Waals surface area contributed by atoms with Gasteiger partial charge in [-0.25, -0.2) is 0 Å². The van der Waals surface area contributed by atoms with E-state index in [0.29, 0.717) is 12.1 Å². The monoisotopic (exact) mass is 264 g/mol. The topological polar surface area (TPSA) is 45.0 Å². The third kappa shape index (κ3) is 3.89. The van der Waals surface area contributed by atoms with Crippen LogP contribution in [-0.4, -0.2) is 13.7 Å². The third-order valence-corrected chi connectivity index (χ3v) is 2.86. The van der Waals surface area contributed by atoms with Crippen LogP contribution in [0.1, 0.15) is 5.56 Å². The van der Waals surface area contributed by atoms with Gasteiger partial charge in [0.05, 0.1) is 19.7 Å². The molecular formula is C17H16N2O. The van der Waals surface area contributed by atoms with Gasteiger partial charge in [-0.3, -0.25) is 0 Å². The molecule has 0 spiro atoms. The molecule has 0 bridgehead atoms. The largest absolute Gasteiger partial charge is 0.497 e. The van der Waals surface area contributed by atoms with Crippen molar-refractivity contribution in [2.75, 3.05) is 19.0 Å². The standard InChI is InChI=1S/C17H16N2O/c1-20-17-9-7-16(8-10-17)19-13-15(12-18)11-14-5-3-2-4-6-14/h2-11,19H,13H2,1H3/b15-11+. The van der Waals surface area contributed by atoms with E-state index in [1.165, 1.54) is 0 Å². The summed E-state index contributed by atoms with van der Waals surface area (Å²) in [5.74, 6) is 0.816. The summed E-state index contributed by atoms with van der Waals surface area (Å²) in [6.07, 6.45) is 1.89. The number of anilines is 1. The molecule has 0 unspecified atom stereocenters. The second-order valence-electron chi connectivity index (χ2n) is 4.27. The van der Waals surface area contributed by atoms with E-state index in [0.717, 1.165) is 17.0 Å². The SMILES string of the molecule is COc1ccc(NC/C(C#N)=C/c2ccccc2)cc1. The Hall–Kier alpha value is -2.73. The molecule has 0 aliphatic rings. The van der Waals surface area contributed by atoms with Gasteiger partial charge in [0.2, 0.25) is 0 Å². The Morgan fingerprint density at radius 3 is 2.45 bits per heavy atom. The lowest BCUT2D eigenvalue weighted by molar-refractivity contribution is 0.415. The summed E-state index contributed by atoms with van der Waals surface area (Å²) in [5, 5.41) is 12.4. The number of ether oxygens (including phenoxy) is 1. The van der Waals surface area contributed by atoms with Crippen molar-refractivity contribution in [2.24, 2.45) is 0 Å². The molecule has 0 saturated carbocycles. The number of rotatable bonds is 5. The van der Waals surface area contributed by atoms with Gasteiger partial charge in [0.15, 0.2) is 0 Å². The molecule has 2 aromatic rings. The van der Waals surface area contributed by atoms with Crippen LogP contribution in [0.25, 0.3) is 6.08 Å². The van der Waals surface area contributed by atoms with Crippen LogP contribution in [0.4, 0.5) is 5.69 Å². The van der Waals surface area contributed by atoms with E-state index in [4.69, 9.17) is 10.00 Å². The predicted octanol–water partition coefficient (Wildman–Crippen LogP) is 3.71. The van der Waals surface area contributed by atoms with Gasteiger partial charge >= 0.3 is 0 Å². The lowest BCUT2D eigenvalue weighted by Gasteiger charge is -2.06. The minimum atomic E-state index is 0.498. The second-order valence-corrected chi connectivity index (χ2v) is 4.27. The van der Waals surface area contributed by atoms with Crippen LogP contribution < -0.4 is 10.1 Å². The van der Waals surface area contributed by atoms with Crippen LogP contribution in [0.2, 0.25) is 0 Å². The van der Waals surface area contributed by atoms with Gasteiger partial charge in [0.1, 0.15) is 5.75 Å². The van der Waals surface area contributed by atoms with E-state index in [1.807, 2.05) is 60.7 Å². The number of nitrogens with one attached hydrogen (secondary N) is 1. The molecule has 0 amide bonds. The van der Waals surface area contributed by atoms with Gasteiger partial charge in [-0.15, -0.1) is 0 Å². The van der Waals surface area contributed by atoms with Crippen molar-refractivity contribution in [3.63, 3.8) is 0 Å². The maximum Gasteiger partial charge on any atom is 0.119 e.